The topological polar surface area (TPSA) is 71.7 Å². The van der Waals surface area contributed by atoms with Crippen LogP contribution in [0.15, 0.2) is 28.8 Å². The van der Waals surface area contributed by atoms with Crippen LogP contribution in [0.3, 0.4) is 0 Å². The van der Waals surface area contributed by atoms with Crippen molar-refractivity contribution in [3.05, 3.63) is 41.0 Å². The third-order valence-corrected chi connectivity index (χ3v) is 4.19. The minimum Gasteiger partial charge on any atom is -0.377 e. The lowest BCUT2D eigenvalue weighted by Crippen LogP contribution is -2.54. The van der Waals surface area contributed by atoms with Gasteiger partial charge in [0, 0.05) is 30.4 Å². The van der Waals surface area contributed by atoms with Crippen molar-refractivity contribution in [2.45, 2.75) is 26.1 Å². The van der Waals surface area contributed by atoms with E-state index in [1.807, 2.05) is 17.0 Å². The Kier molecular flexibility index (Phi) is 5.13. The number of carbonyl (C=O) groups is 1. The number of anilines is 1. The molecule has 0 N–H and O–H groups in total. The highest BCUT2D eigenvalue weighted by Gasteiger charge is 2.31. The van der Waals surface area contributed by atoms with Gasteiger partial charge in [0.15, 0.2) is 5.82 Å². The lowest BCUT2D eigenvalue weighted by molar-refractivity contribution is -0.122. The monoisotopic (exact) mass is 350 g/mol. The van der Waals surface area contributed by atoms with Crippen LogP contribution in [0.4, 0.5) is 5.69 Å². The van der Waals surface area contributed by atoms with E-state index in [2.05, 4.69) is 17.1 Å². The first kappa shape index (κ1) is 16.9. The molecular formula is C16H19ClN4O3. The Bertz CT molecular complexity index is 721. The van der Waals surface area contributed by atoms with E-state index >= 15 is 0 Å². The minimum atomic E-state index is 0.0204. The third-order valence-electron chi connectivity index (χ3n) is 3.95. The number of benzene rings is 1. The van der Waals surface area contributed by atoms with E-state index in [0.717, 1.165) is 5.69 Å². The number of ether oxygens (including phenoxy) is 1. The summed E-state index contributed by atoms with van der Waals surface area (Å²) in [5.74, 6) is 1.01. The minimum absolute atomic E-state index is 0.0204. The summed E-state index contributed by atoms with van der Waals surface area (Å²) in [7, 11) is 1.58. The van der Waals surface area contributed by atoms with Gasteiger partial charge in [-0.15, -0.1) is 0 Å². The summed E-state index contributed by atoms with van der Waals surface area (Å²) in [5.41, 5.74) is 0.819. The number of hydrogen-bond acceptors (Lipinski definition) is 6. The zero-order chi connectivity index (χ0) is 17.1. The van der Waals surface area contributed by atoms with Crippen LogP contribution in [0.5, 0.6) is 0 Å². The van der Waals surface area contributed by atoms with Gasteiger partial charge in [0.1, 0.15) is 6.61 Å². The molecule has 7 nitrogen and oxygen atoms in total. The van der Waals surface area contributed by atoms with Gasteiger partial charge < -0.3 is 14.2 Å². The van der Waals surface area contributed by atoms with Crippen LogP contribution in [0.1, 0.15) is 18.6 Å². The molecule has 0 aliphatic carbocycles. The number of rotatable bonds is 5. The maximum Gasteiger partial charge on any atom is 0.241 e. The van der Waals surface area contributed by atoms with Crippen molar-refractivity contribution in [3.8, 4) is 0 Å². The summed E-state index contributed by atoms with van der Waals surface area (Å²) >= 11 is 6.03. The molecule has 1 aromatic heterocycles. The van der Waals surface area contributed by atoms with Crippen LogP contribution in [0.2, 0.25) is 5.02 Å². The fourth-order valence-electron chi connectivity index (χ4n) is 2.72. The number of carbonyl (C=O) groups excluding carboxylic acids is 1. The van der Waals surface area contributed by atoms with Crippen LogP contribution in [0, 0.1) is 0 Å². The highest BCUT2D eigenvalue weighted by molar-refractivity contribution is 6.30. The quantitative estimate of drug-likeness (QED) is 0.822. The average molecular weight is 351 g/mol. The van der Waals surface area contributed by atoms with Crippen molar-refractivity contribution in [1.29, 1.82) is 0 Å². The van der Waals surface area contributed by atoms with Gasteiger partial charge in [0.25, 0.3) is 0 Å². The average Bonchev–Trinajstić information content (AvgIpc) is 2.98. The maximum absolute atomic E-state index is 12.5. The Labute approximate surface area is 145 Å². The second-order valence-electron chi connectivity index (χ2n) is 5.78. The Morgan fingerprint density at radius 1 is 1.46 bits per heavy atom. The summed E-state index contributed by atoms with van der Waals surface area (Å²) in [6.45, 7) is 3.68. The van der Waals surface area contributed by atoms with Crippen LogP contribution in [0.25, 0.3) is 0 Å². The highest BCUT2D eigenvalue weighted by atomic mass is 35.5. The first-order chi connectivity index (χ1) is 11.6. The molecule has 8 heteroatoms. The summed E-state index contributed by atoms with van der Waals surface area (Å²) in [6, 6.07) is 7.48. The Morgan fingerprint density at radius 3 is 3.04 bits per heavy atom. The zero-order valence-corrected chi connectivity index (χ0v) is 14.4. The van der Waals surface area contributed by atoms with Crippen molar-refractivity contribution in [2.24, 2.45) is 0 Å². The molecule has 1 fully saturated rings. The molecule has 1 aliphatic heterocycles. The van der Waals surface area contributed by atoms with Gasteiger partial charge in [0.05, 0.1) is 13.1 Å². The molecule has 0 saturated carbocycles. The molecule has 0 bridgehead atoms. The summed E-state index contributed by atoms with van der Waals surface area (Å²) in [5, 5.41) is 4.46. The van der Waals surface area contributed by atoms with Crippen molar-refractivity contribution < 1.29 is 14.1 Å². The molecule has 1 amide bonds. The fourth-order valence-corrected chi connectivity index (χ4v) is 2.90. The predicted molar refractivity (Wildman–Crippen MR) is 88.7 cm³/mol. The molecular weight excluding hydrogens is 332 g/mol. The summed E-state index contributed by atoms with van der Waals surface area (Å²) < 4.78 is 10.2. The standard InChI is InChI=1S/C16H19ClN4O3/c1-11-7-21(13-5-3-4-12(17)6-13)16(22)9-20(11)8-15-18-14(10-23-2)19-24-15/h3-6,11H,7-10H2,1-2H3/t11-/m1/s1. The Morgan fingerprint density at radius 2 is 2.29 bits per heavy atom. The zero-order valence-electron chi connectivity index (χ0n) is 13.6. The molecule has 128 valence electrons. The van der Waals surface area contributed by atoms with Crippen molar-refractivity contribution in [2.75, 3.05) is 25.1 Å². The number of hydrogen-bond donors (Lipinski definition) is 0. The molecule has 0 spiro atoms. The second kappa shape index (κ2) is 7.29. The van der Waals surface area contributed by atoms with Crippen molar-refractivity contribution >= 4 is 23.2 Å². The van der Waals surface area contributed by atoms with E-state index < -0.39 is 0 Å². The van der Waals surface area contributed by atoms with Gasteiger partial charge in [-0.05, 0) is 25.1 Å². The first-order valence-electron chi connectivity index (χ1n) is 7.67. The molecule has 1 aliphatic rings. The number of methoxy groups -OCH3 is 1. The molecule has 2 heterocycles. The smallest absolute Gasteiger partial charge is 0.241 e. The van der Waals surface area contributed by atoms with Gasteiger partial charge in [0.2, 0.25) is 11.8 Å². The van der Waals surface area contributed by atoms with Gasteiger partial charge in [-0.1, -0.05) is 22.8 Å². The van der Waals surface area contributed by atoms with Gasteiger partial charge in [-0.2, -0.15) is 4.98 Å². The Hall–Kier alpha value is -1.96. The van der Waals surface area contributed by atoms with Crippen LogP contribution >= 0.6 is 11.6 Å². The molecule has 24 heavy (non-hydrogen) atoms. The van der Waals surface area contributed by atoms with Crippen LogP contribution in [-0.4, -0.2) is 47.2 Å². The Balaban J connectivity index is 1.67. The number of nitrogens with zero attached hydrogens (tertiary/aromatic N) is 4. The van der Waals surface area contributed by atoms with Crippen molar-refractivity contribution in [1.82, 2.24) is 15.0 Å². The van der Waals surface area contributed by atoms with Gasteiger partial charge >= 0.3 is 0 Å². The molecule has 1 atom stereocenters. The third kappa shape index (κ3) is 3.75. The largest absolute Gasteiger partial charge is 0.377 e. The van der Waals surface area contributed by atoms with Crippen molar-refractivity contribution in [3.63, 3.8) is 0 Å². The molecule has 1 aromatic carbocycles. The number of halogens is 1. The van der Waals surface area contributed by atoms with E-state index in [9.17, 15) is 4.79 Å². The first-order valence-corrected chi connectivity index (χ1v) is 8.05. The van der Waals surface area contributed by atoms with E-state index in [-0.39, 0.29) is 18.5 Å². The fraction of sp³-hybridized carbons (Fsp3) is 0.438. The number of aromatic nitrogens is 2. The lowest BCUT2D eigenvalue weighted by atomic mass is 10.1. The predicted octanol–water partition coefficient (Wildman–Crippen LogP) is 2.11. The number of amides is 1. The second-order valence-corrected chi connectivity index (χ2v) is 6.21. The summed E-state index contributed by atoms with van der Waals surface area (Å²) in [4.78, 5) is 20.6. The number of piperazine rings is 1. The van der Waals surface area contributed by atoms with Gasteiger partial charge in [-0.3, -0.25) is 9.69 Å². The molecule has 0 unspecified atom stereocenters. The van der Waals surface area contributed by atoms with E-state index in [1.165, 1.54) is 0 Å². The SMILES string of the molecule is COCc1noc(CN2CC(=O)N(c3cccc(Cl)c3)C[C@H]2C)n1. The van der Waals surface area contributed by atoms with E-state index in [4.69, 9.17) is 20.9 Å². The van der Waals surface area contributed by atoms with Gasteiger partial charge in [-0.25, -0.2) is 0 Å². The maximum atomic E-state index is 12.5. The normalized spacial score (nSPS) is 19.0. The highest BCUT2D eigenvalue weighted by Crippen LogP contribution is 2.24. The van der Waals surface area contributed by atoms with Crippen LogP contribution in [-0.2, 0) is 22.7 Å². The van der Waals surface area contributed by atoms with E-state index in [0.29, 0.717) is 36.4 Å². The molecule has 1 saturated heterocycles. The molecule has 2 aromatic rings. The lowest BCUT2D eigenvalue weighted by Gasteiger charge is -2.38. The molecule has 0 radical (unpaired) electrons. The molecule has 3 rings (SSSR count). The summed E-state index contributed by atoms with van der Waals surface area (Å²) in [6.07, 6.45) is 0. The van der Waals surface area contributed by atoms with Crippen LogP contribution < -0.4 is 4.90 Å². The van der Waals surface area contributed by atoms with E-state index in [1.54, 1.807) is 24.1 Å².